The Morgan fingerprint density at radius 1 is 1.25 bits per heavy atom. The van der Waals surface area contributed by atoms with Crippen molar-refractivity contribution in [2.24, 2.45) is 9.98 Å². The lowest BCUT2D eigenvalue weighted by molar-refractivity contribution is 0.591. The molecule has 16 heavy (non-hydrogen) atoms. The highest BCUT2D eigenvalue weighted by molar-refractivity contribution is 7.92. The number of aryl methyl sites for hydroxylation is 1. The second-order valence-electron chi connectivity index (χ2n) is 3.68. The van der Waals surface area contributed by atoms with Gasteiger partial charge in [-0.1, -0.05) is 17.7 Å². The lowest BCUT2D eigenvalue weighted by atomic mass is 10.2. The van der Waals surface area contributed by atoms with E-state index in [0.717, 1.165) is 5.56 Å². The summed E-state index contributed by atoms with van der Waals surface area (Å²) in [6.07, 6.45) is 2.81. The van der Waals surface area contributed by atoms with Crippen LogP contribution in [-0.2, 0) is 9.84 Å². The van der Waals surface area contributed by atoms with Crippen molar-refractivity contribution < 1.29 is 8.42 Å². The van der Waals surface area contributed by atoms with E-state index in [-0.39, 0.29) is 6.54 Å². The van der Waals surface area contributed by atoms with Crippen LogP contribution in [0.5, 0.6) is 0 Å². The van der Waals surface area contributed by atoms with Gasteiger partial charge in [0.25, 0.3) is 0 Å². The number of sulfone groups is 1. The third-order valence-electron chi connectivity index (χ3n) is 2.43. The maximum atomic E-state index is 12.1. The summed E-state index contributed by atoms with van der Waals surface area (Å²) in [7, 11) is -3.34. The van der Waals surface area contributed by atoms with Gasteiger partial charge in [0.15, 0.2) is 9.84 Å². The molecule has 0 spiro atoms. The Morgan fingerprint density at radius 3 is 2.50 bits per heavy atom. The molecule has 0 amide bonds. The molecule has 4 nitrogen and oxygen atoms in total. The summed E-state index contributed by atoms with van der Waals surface area (Å²) in [6, 6.07) is 6.82. The molecule has 0 bridgehead atoms. The van der Waals surface area contributed by atoms with Gasteiger partial charge in [-0.3, -0.25) is 4.99 Å². The van der Waals surface area contributed by atoms with Gasteiger partial charge in [0.2, 0.25) is 0 Å². The van der Waals surface area contributed by atoms with Crippen molar-refractivity contribution >= 4 is 22.4 Å². The van der Waals surface area contributed by atoms with E-state index >= 15 is 0 Å². The predicted molar refractivity (Wildman–Crippen MR) is 64.0 cm³/mol. The van der Waals surface area contributed by atoms with Gasteiger partial charge in [-0.25, -0.2) is 13.4 Å². The van der Waals surface area contributed by atoms with Crippen molar-refractivity contribution in [1.29, 1.82) is 0 Å². The maximum Gasteiger partial charge on any atom is 0.188 e. The Morgan fingerprint density at radius 2 is 1.94 bits per heavy atom. The summed E-state index contributed by atoms with van der Waals surface area (Å²) in [6.45, 7) is 2.17. The smallest absolute Gasteiger partial charge is 0.188 e. The average molecular weight is 236 g/mol. The van der Waals surface area contributed by atoms with Crippen molar-refractivity contribution in [3.63, 3.8) is 0 Å². The van der Waals surface area contributed by atoms with E-state index in [1.165, 1.54) is 12.6 Å². The lowest BCUT2D eigenvalue weighted by Crippen LogP contribution is -2.27. The van der Waals surface area contributed by atoms with Crippen LogP contribution in [0.15, 0.2) is 39.1 Å². The molecule has 1 aliphatic heterocycles. The van der Waals surface area contributed by atoms with Crippen LogP contribution >= 0.6 is 0 Å². The van der Waals surface area contributed by atoms with Gasteiger partial charge in [-0.2, -0.15) is 0 Å². The molecule has 1 unspecified atom stereocenters. The van der Waals surface area contributed by atoms with E-state index in [4.69, 9.17) is 0 Å². The summed E-state index contributed by atoms with van der Waals surface area (Å²) < 4.78 is 24.3. The first-order valence-corrected chi connectivity index (χ1v) is 6.47. The molecule has 0 aromatic heterocycles. The molecule has 84 valence electrons. The Labute approximate surface area is 94.7 Å². The van der Waals surface area contributed by atoms with Crippen molar-refractivity contribution in [3.05, 3.63) is 29.8 Å². The first-order valence-electron chi connectivity index (χ1n) is 4.93. The number of aliphatic imine (C=N–C) groups is 2. The zero-order valence-corrected chi connectivity index (χ0v) is 9.68. The molecule has 1 aromatic carbocycles. The van der Waals surface area contributed by atoms with Crippen LogP contribution in [0.4, 0.5) is 0 Å². The fraction of sp³-hybridized carbons (Fsp3) is 0.273. The van der Waals surface area contributed by atoms with Crippen LogP contribution in [0.25, 0.3) is 0 Å². The van der Waals surface area contributed by atoms with Crippen molar-refractivity contribution in [2.75, 3.05) is 6.54 Å². The first-order chi connectivity index (χ1) is 7.60. The minimum atomic E-state index is -3.34. The van der Waals surface area contributed by atoms with Gasteiger partial charge < -0.3 is 0 Å². The molecule has 1 atom stereocenters. The fourth-order valence-corrected chi connectivity index (χ4v) is 2.84. The van der Waals surface area contributed by atoms with Crippen LogP contribution in [0.2, 0.25) is 0 Å². The van der Waals surface area contributed by atoms with E-state index < -0.39 is 15.1 Å². The van der Waals surface area contributed by atoms with E-state index in [1.807, 2.05) is 6.92 Å². The molecule has 0 saturated carbocycles. The zero-order valence-electron chi connectivity index (χ0n) is 8.87. The summed E-state index contributed by atoms with van der Waals surface area (Å²) in [4.78, 5) is 7.96. The molecule has 0 N–H and O–H groups in total. The van der Waals surface area contributed by atoms with Gasteiger partial charge in [-0.15, -0.1) is 0 Å². The van der Waals surface area contributed by atoms with Crippen molar-refractivity contribution in [2.45, 2.75) is 17.1 Å². The highest BCUT2D eigenvalue weighted by Gasteiger charge is 2.26. The van der Waals surface area contributed by atoms with E-state index in [9.17, 15) is 8.42 Å². The SMILES string of the molecule is Cc1ccc(S(=O)(=O)C2C=NC=NC2)cc1. The Balaban J connectivity index is 2.35. The minimum absolute atomic E-state index is 0.250. The molecule has 1 heterocycles. The van der Waals surface area contributed by atoms with Crippen LogP contribution in [0.3, 0.4) is 0 Å². The monoisotopic (exact) mass is 236 g/mol. The summed E-state index contributed by atoms with van der Waals surface area (Å²) in [5.74, 6) is 0. The van der Waals surface area contributed by atoms with Crippen molar-refractivity contribution in [1.82, 2.24) is 0 Å². The Bertz CT molecular complexity index is 530. The first kappa shape index (κ1) is 11.0. The summed E-state index contributed by atoms with van der Waals surface area (Å²) in [5, 5.41) is -0.639. The average Bonchev–Trinajstić information content (AvgIpc) is 2.31. The fourth-order valence-electron chi connectivity index (χ4n) is 1.46. The second kappa shape index (κ2) is 4.17. The molecule has 0 radical (unpaired) electrons. The van der Waals surface area contributed by atoms with Crippen LogP contribution in [0, 0.1) is 6.92 Å². The Kier molecular flexibility index (Phi) is 2.87. The molecule has 1 aromatic rings. The van der Waals surface area contributed by atoms with E-state index in [0.29, 0.717) is 4.90 Å². The van der Waals surface area contributed by atoms with Crippen LogP contribution in [-0.4, -0.2) is 32.8 Å². The van der Waals surface area contributed by atoms with Gasteiger partial charge >= 0.3 is 0 Å². The van der Waals surface area contributed by atoms with Gasteiger partial charge in [-0.05, 0) is 19.1 Å². The highest BCUT2D eigenvalue weighted by atomic mass is 32.2. The van der Waals surface area contributed by atoms with E-state index in [1.54, 1.807) is 24.3 Å². The number of hydrogen-bond acceptors (Lipinski definition) is 4. The van der Waals surface area contributed by atoms with Gasteiger partial charge in [0.05, 0.1) is 11.4 Å². The number of benzene rings is 1. The molecule has 1 aliphatic rings. The third-order valence-corrected chi connectivity index (χ3v) is 4.43. The molecule has 2 rings (SSSR count). The van der Waals surface area contributed by atoms with Crippen LogP contribution in [0.1, 0.15) is 5.56 Å². The predicted octanol–water partition coefficient (Wildman–Crippen LogP) is 1.25. The number of rotatable bonds is 2. The largest absolute Gasteiger partial charge is 0.272 e. The quantitative estimate of drug-likeness (QED) is 0.776. The van der Waals surface area contributed by atoms with Gasteiger partial charge in [0.1, 0.15) is 11.6 Å². The Hall–Kier alpha value is -1.49. The third kappa shape index (κ3) is 2.04. The molecule has 0 saturated heterocycles. The molecule has 0 aliphatic carbocycles. The highest BCUT2D eigenvalue weighted by Crippen LogP contribution is 2.17. The number of hydrogen-bond donors (Lipinski definition) is 0. The summed E-state index contributed by atoms with van der Waals surface area (Å²) >= 11 is 0. The van der Waals surface area contributed by atoms with Gasteiger partial charge in [0, 0.05) is 6.21 Å². The van der Waals surface area contributed by atoms with E-state index in [2.05, 4.69) is 9.98 Å². The summed E-state index contributed by atoms with van der Waals surface area (Å²) in [5.41, 5.74) is 1.04. The van der Waals surface area contributed by atoms with Crippen LogP contribution < -0.4 is 0 Å². The minimum Gasteiger partial charge on any atom is -0.272 e. The zero-order chi connectivity index (χ0) is 11.6. The molecular weight excluding hydrogens is 224 g/mol. The maximum absolute atomic E-state index is 12.1. The molecule has 5 heteroatoms. The molecular formula is C11H12N2O2S. The standard InChI is InChI=1S/C11H12N2O2S/c1-9-2-4-10(5-3-9)16(14,15)11-6-12-8-13-7-11/h2-6,8,11H,7H2,1H3. The second-order valence-corrected chi connectivity index (χ2v) is 5.84. The lowest BCUT2D eigenvalue weighted by Gasteiger charge is -2.12. The van der Waals surface area contributed by atoms with Crippen molar-refractivity contribution in [3.8, 4) is 0 Å². The number of nitrogens with zero attached hydrogens (tertiary/aromatic N) is 2. The molecule has 0 fully saturated rings. The normalized spacial score (nSPS) is 19.9. The topological polar surface area (TPSA) is 58.9 Å².